The second kappa shape index (κ2) is 5.69. The molecule has 0 saturated carbocycles. The minimum atomic E-state index is -0.398. The smallest absolute Gasteiger partial charge is 0.173 e. The number of hydrogen-bond acceptors (Lipinski definition) is 3. The van der Waals surface area contributed by atoms with Crippen molar-refractivity contribution in [3.05, 3.63) is 59.4 Å². The van der Waals surface area contributed by atoms with Crippen molar-refractivity contribution in [2.75, 3.05) is 5.75 Å². The van der Waals surface area contributed by atoms with Crippen molar-refractivity contribution in [1.29, 1.82) is 0 Å². The molecule has 0 saturated heterocycles. The van der Waals surface area contributed by atoms with Gasteiger partial charge in [-0.25, -0.2) is 9.37 Å². The van der Waals surface area contributed by atoms with Gasteiger partial charge in [0.25, 0.3) is 0 Å². The molecule has 0 aliphatic heterocycles. The van der Waals surface area contributed by atoms with Crippen molar-refractivity contribution in [3.63, 3.8) is 0 Å². The molecule has 0 amide bonds. The number of imidazole rings is 1. The maximum Gasteiger partial charge on any atom is 0.173 e. The summed E-state index contributed by atoms with van der Waals surface area (Å²) in [6.45, 7) is 2.01. The van der Waals surface area contributed by atoms with Crippen LogP contribution < -0.4 is 0 Å². The van der Waals surface area contributed by atoms with Crippen LogP contribution in [0.2, 0.25) is 0 Å². The molecule has 3 aromatic rings. The SMILES string of the molecule is Cc1ccc2nc(SCC(=O)c3cccc(F)c3)[nH]c2c1. The number of halogens is 1. The molecule has 0 unspecified atom stereocenters. The first-order valence-electron chi connectivity index (χ1n) is 6.50. The molecule has 0 bridgehead atoms. The van der Waals surface area contributed by atoms with Crippen molar-refractivity contribution in [2.24, 2.45) is 0 Å². The van der Waals surface area contributed by atoms with E-state index in [0.717, 1.165) is 16.6 Å². The zero-order valence-corrected chi connectivity index (χ0v) is 12.2. The summed E-state index contributed by atoms with van der Waals surface area (Å²) in [5, 5.41) is 0.695. The number of nitrogens with one attached hydrogen (secondary N) is 1. The normalized spacial score (nSPS) is 11.0. The molecule has 0 atom stereocenters. The molecule has 3 rings (SSSR count). The Hall–Kier alpha value is -2.14. The third-order valence-corrected chi connectivity index (χ3v) is 3.98. The molecule has 2 aromatic carbocycles. The van der Waals surface area contributed by atoms with Crippen LogP contribution in [-0.2, 0) is 0 Å². The number of rotatable bonds is 4. The lowest BCUT2D eigenvalue weighted by atomic mass is 10.1. The predicted molar refractivity (Wildman–Crippen MR) is 82.3 cm³/mol. The quantitative estimate of drug-likeness (QED) is 0.585. The summed E-state index contributed by atoms with van der Waals surface area (Å²) in [5.41, 5.74) is 3.37. The van der Waals surface area contributed by atoms with Crippen LogP contribution in [0.4, 0.5) is 4.39 Å². The molecule has 21 heavy (non-hydrogen) atoms. The molecule has 1 heterocycles. The Bertz CT molecular complexity index is 813. The van der Waals surface area contributed by atoms with Crippen LogP contribution in [0.1, 0.15) is 15.9 Å². The second-order valence-corrected chi connectivity index (χ2v) is 5.75. The molecule has 0 aliphatic carbocycles. The molecule has 0 aliphatic rings. The lowest BCUT2D eigenvalue weighted by Crippen LogP contribution is -2.02. The number of aryl methyl sites for hydroxylation is 1. The summed E-state index contributed by atoms with van der Waals surface area (Å²) in [6.07, 6.45) is 0. The zero-order chi connectivity index (χ0) is 14.8. The first-order valence-corrected chi connectivity index (χ1v) is 7.48. The number of Topliss-reactive ketones (excluding diaryl/α,β-unsaturated/α-hetero) is 1. The maximum atomic E-state index is 13.1. The maximum absolute atomic E-state index is 13.1. The molecule has 0 fully saturated rings. The Kier molecular flexibility index (Phi) is 3.75. The highest BCUT2D eigenvalue weighted by Gasteiger charge is 2.10. The van der Waals surface area contributed by atoms with E-state index >= 15 is 0 Å². The molecule has 106 valence electrons. The van der Waals surface area contributed by atoms with Gasteiger partial charge >= 0.3 is 0 Å². The van der Waals surface area contributed by atoms with Crippen molar-refractivity contribution >= 4 is 28.6 Å². The van der Waals surface area contributed by atoms with Crippen LogP contribution in [0.3, 0.4) is 0 Å². The summed E-state index contributed by atoms with van der Waals surface area (Å²) < 4.78 is 13.1. The van der Waals surface area contributed by atoms with Gasteiger partial charge < -0.3 is 4.98 Å². The molecule has 5 heteroatoms. The fourth-order valence-corrected chi connectivity index (χ4v) is 2.83. The molecule has 0 radical (unpaired) electrons. The molecule has 1 aromatic heterocycles. The molecule has 1 N–H and O–H groups in total. The van der Waals surface area contributed by atoms with E-state index in [1.54, 1.807) is 6.07 Å². The number of H-pyrrole nitrogens is 1. The number of ketones is 1. The fourth-order valence-electron chi connectivity index (χ4n) is 2.05. The van der Waals surface area contributed by atoms with E-state index in [1.165, 1.54) is 30.0 Å². The van der Waals surface area contributed by atoms with Crippen molar-refractivity contribution in [2.45, 2.75) is 12.1 Å². The lowest BCUT2D eigenvalue weighted by molar-refractivity contribution is 0.102. The summed E-state index contributed by atoms with van der Waals surface area (Å²) in [6, 6.07) is 11.7. The molecule has 3 nitrogen and oxygen atoms in total. The monoisotopic (exact) mass is 300 g/mol. The van der Waals surface area contributed by atoms with Gasteiger partial charge in [0.2, 0.25) is 0 Å². The first-order chi connectivity index (χ1) is 10.1. The van der Waals surface area contributed by atoms with Gasteiger partial charge in [0.15, 0.2) is 10.9 Å². The number of carbonyl (C=O) groups excluding carboxylic acids is 1. The number of thioether (sulfide) groups is 1. The number of aromatic amines is 1. The van der Waals surface area contributed by atoms with Gasteiger partial charge in [-0.15, -0.1) is 0 Å². The van der Waals surface area contributed by atoms with Crippen LogP contribution in [-0.4, -0.2) is 21.5 Å². The van der Waals surface area contributed by atoms with Crippen LogP contribution in [0, 0.1) is 12.7 Å². The first kappa shape index (κ1) is 13.8. The fraction of sp³-hybridized carbons (Fsp3) is 0.125. The van der Waals surface area contributed by atoms with E-state index in [-0.39, 0.29) is 11.5 Å². The number of hydrogen-bond donors (Lipinski definition) is 1. The molecular weight excluding hydrogens is 287 g/mol. The summed E-state index contributed by atoms with van der Waals surface area (Å²) in [5.74, 6) is -0.288. The Morgan fingerprint density at radius 1 is 1.29 bits per heavy atom. The number of benzene rings is 2. The van der Waals surface area contributed by atoms with E-state index < -0.39 is 5.82 Å². The van der Waals surface area contributed by atoms with E-state index in [1.807, 2.05) is 25.1 Å². The highest BCUT2D eigenvalue weighted by molar-refractivity contribution is 7.99. The number of nitrogens with zero attached hydrogens (tertiary/aromatic N) is 1. The number of fused-ring (bicyclic) bond motifs is 1. The van der Waals surface area contributed by atoms with Crippen molar-refractivity contribution in [3.8, 4) is 0 Å². The summed E-state index contributed by atoms with van der Waals surface area (Å²) in [4.78, 5) is 19.6. The third-order valence-electron chi connectivity index (χ3n) is 3.10. The minimum absolute atomic E-state index is 0.115. The zero-order valence-electron chi connectivity index (χ0n) is 11.4. The minimum Gasteiger partial charge on any atom is -0.333 e. The predicted octanol–water partition coefficient (Wildman–Crippen LogP) is 3.99. The van der Waals surface area contributed by atoms with Crippen LogP contribution in [0.5, 0.6) is 0 Å². The van der Waals surface area contributed by atoms with Gasteiger partial charge in [0.05, 0.1) is 16.8 Å². The number of carbonyl (C=O) groups is 1. The molecular formula is C16H13FN2OS. The van der Waals surface area contributed by atoms with E-state index in [0.29, 0.717) is 10.7 Å². The average molecular weight is 300 g/mol. The van der Waals surface area contributed by atoms with Gasteiger partial charge in [0.1, 0.15) is 5.82 Å². The topological polar surface area (TPSA) is 45.8 Å². The Morgan fingerprint density at radius 2 is 2.14 bits per heavy atom. The van der Waals surface area contributed by atoms with Crippen LogP contribution in [0.25, 0.3) is 11.0 Å². The van der Waals surface area contributed by atoms with Crippen LogP contribution >= 0.6 is 11.8 Å². The van der Waals surface area contributed by atoms with Crippen molar-refractivity contribution < 1.29 is 9.18 Å². The van der Waals surface area contributed by atoms with E-state index in [4.69, 9.17) is 0 Å². The average Bonchev–Trinajstić information content (AvgIpc) is 2.86. The van der Waals surface area contributed by atoms with Gasteiger partial charge in [-0.2, -0.15) is 0 Å². The van der Waals surface area contributed by atoms with Crippen LogP contribution in [0.15, 0.2) is 47.6 Å². The standard InChI is InChI=1S/C16H13FN2OS/c1-10-5-6-13-14(7-10)19-16(18-13)21-9-15(20)11-3-2-4-12(17)8-11/h2-8H,9H2,1H3,(H,18,19). The van der Waals surface area contributed by atoms with E-state index in [2.05, 4.69) is 9.97 Å². The van der Waals surface area contributed by atoms with Gasteiger partial charge in [0, 0.05) is 5.56 Å². The molecule has 0 spiro atoms. The highest BCUT2D eigenvalue weighted by Crippen LogP contribution is 2.21. The van der Waals surface area contributed by atoms with E-state index in [9.17, 15) is 9.18 Å². The highest BCUT2D eigenvalue weighted by atomic mass is 32.2. The van der Waals surface area contributed by atoms with Gasteiger partial charge in [-0.3, -0.25) is 4.79 Å². The van der Waals surface area contributed by atoms with Gasteiger partial charge in [-0.1, -0.05) is 30.0 Å². The Morgan fingerprint density at radius 3 is 2.95 bits per heavy atom. The third kappa shape index (κ3) is 3.13. The lowest BCUT2D eigenvalue weighted by Gasteiger charge is -1.99. The van der Waals surface area contributed by atoms with Crippen molar-refractivity contribution in [1.82, 2.24) is 9.97 Å². The summed E-state index contributed by atoms with van der Waals surface area (Å²) in [7, 11) is 0. The Balaban J connectivity index is 1.72. The Labute approximate surface area is 125 Å². The van der Waals surface area contributed by atoms with Gasteiger partial charge in [-0.05, 0) is 36.8 Å². The summed E-state index contributed by atoms with van der Waals surface area (Å²) >= 11 is 1.32. The second-order valence-electron chi connectivity index (χ2n) is 4.78. The number of aromatic nitrogens is 2. The largest absolute Gasteiger partial charge is 0.333 e.